The molecular weight excluding hydrogens is 346 g/mol. The minimum atomic E-state index is -0.637. The van der Waals surface area contributed by atoms with Crippen molar-refractivity contribution < 1.29 is 13.6 Å². The molecule has 4 rings (SSSR count). The van der Waals surface area contributed by atoms with Crippen LogP contribution in [-0.2, 0) is 6.42 Å². The molecule has 0 radical (unpaired) electrons. The summed E-state index contributed by atoms with van der Waals surface area (Å²) in [5.41, 5.74) is 3.89. The summed E-state index contributed by atoms with van der Waals surface area (Å²) in [4.78, 5) is 17.5. The summed E-state index contributed by atoms with van der Waals surface area (Å²) in [6, 6.07) is 9.35. The molecule has 2 aromatic carbocycles. The number of fused-ring (bicyclic) bond motifs is 1. The highest BCUT2D eigenvalue weighted by Gasteiger charge is 2.23. The Morgan fingerprint density at radius 1 is 0.926 bits per heavy atom. The van der Waals surface area contributed by atoms with Crippen LogP contribution in [0.15, 0.2) is 42.0 Å². The summed E-state index contributed by atoms with van der Waals surface area (Å²) in [7, 11) is 2.13. The van der Waals surface area contributed by atoms with Gasteiger partial charge in [0.05, 0.1) is 0 Å². The molecule has 0 bridgehead atoms. The molecule has 0 unspecified atom stereocenters. The van der Waals surface area contributed by atoms with E-state index in [0.29, 0.717) is 23.1 Å². The van der Waals surface area contributed by atoms with E-state index >= 15 is 0 Å². The Morgan fingerprint density at radius 3 is 2.33 bits per heavy atom. The van der Waals surface area contributed by atoms with Crippen molar-refractivity contribution in [1.29, 1.82) is 0 Å². The Kier molecular flexibility index (Phi) is 4.79. The number of rotatable bonds is 2. The van der Waals surface area contributed by atoms with E-state index in [1.165, 1.54) is 12.1 Å². The zero-order chi connectivity index (χ0) is 19.0. The summed E-state index contributed by atoms with van der Waals surface area (Å²) < 4.78 is 26.8. The highest BCUT2D eigenvalue weighted by atomic mass is 19.1. The molecule has 5 heteroatoms. The van der Waals surface area contributed by atoms with Gasteiger partial charge in [-0.15, -0.1) is 0 Å². The zero-order valence-corrected chi connectivity index (χ0v) is 15.3. The number of Topliss-reactive ketones (excluding diaryl/α,β-unsaturated/α-hetero) is 1. The lowest BCUT2D eigenvalue weighted by molar-refractivity contribution is 0.102. The zero-order valence-electron chi connectivity index (χ0n) is 15.3. The van der Waals surface area contributed by atoms with Crippen LogP contribution >= 0.6 is 0 Å². The number of piperazine rings is 1. The Bertz CT molecular complexity index is 894. The number of hydrogen-bond acceptors (Lipinski definition) is 3. The van der Waals surface area contributed by atoms with Crippen molar-refractivity contribution in [3.05, 3.63) is 70.3 Å². The van der Waals surface area contributed by atoms with Crippen LogP contribution in [0.4, 0.5) is 14.5 Å². The minimum Gasteiger partial charge on any atom is -0.369 e. The molecular formula is C22H22F2N2O. The first-order valence-electron chi connectivity index (χ1n) is 9.27. The van der Waals surface area contributed by atoms with E-state index < -0.39 is 11.6 Å². The number of nitrogens with zero attached hydrogens (tertiary/aromatic N) is 2. The number of allylic oxidation sites excluding steroid dienone is 1. The predicted molar refractivity (Wildman–Crippen MR) is 103 cm³/mol. The average Bonchev–Trinajstić information content (AvgIpc) is 2.64. The molecule has 2 aromatic rings. The van der Waals surface area contributed by atoms with Gasteiger partial charge >= 0.3 is 0 Å². The Labute approximate surface area is 157 Å². The summed E-state index contributed by atoms with van der Waals surface area (Å²) in [6.07, 6.45) is 2.94. The second-order valence-electron chi connectivity index (χ2n) is 7.33. The fourth-order valence-electron chi connectivity index (χ4n) is 3.82. The van der Waals surface area contributed by atoms with Gasteiger partial charge in [0.15, 0.2) is 5.78 Å². The summed E-state index contributed by atoms with van der Waals surface area (Å²) in [5.74, 6) is -1.32. The Morgan fingerprint density at radius 2 is 1.63 bits per heavy atom. The minimum absolute atomic E-state index is 0.0501. The number of hydrogen-bond donors (Lipinski definition) is 0. The molecule has 2 aliphatic rings. The van der Waals surface area contributed by atoms with Crippen LogP contribution in [-0.4, -0.2) is 43.9 Å². The Hall–Kier alpha value is -2.53. The van der Waals surface area contributed by atoms with Crippen LogP contribution in [0, 0.1) is 11.6 Å². The molecule has 1 aliphatic heterocycles. The first-order chi connectivity index (χ1) is 13.0. The van der Waals surface area contributed by atoms with Gasteiger partial charge in [-0.05, 0) is 67.4 Å². The highest BCUT2D eigenvalue weighted by molar-refractivity contribution is 6.13. The molecule has 0 N–H and O–H groups in total. The van der Waals surface area contributed by atoms with E-state index in [-0.39, 0.29) is 5.78 Å². The monoisotopic (exact) mass is 368 g/mol. The van der Waals surface area contributed by atoms with Gasteiger partial charge in [-0.3, -0.25) is 4.79 Å². The maximum Gasteiger partial charge on any atom is 0.189 e. The molecule has 1 saturated heterocycles. The number of carbonyl (C=O) groups is 1. The van der Waals surface area contributed by atoms with Gasteiger partial charge in [-0.25, -0.2) is 8.78 Å². The Balaban J connectivity index is 1.58. The first kappa shape index (κ1) is 17.9. The number of ketones is 1. The fraction of sp³-hybridized carbons (Fsp3) is 0.318. The van der Waals surface area contributed by atoms with E-state index in [9.17, 15) is 13.6 Å². The van der Waals surface area contributed by atoms with Gasteiger partial charge in [0.25, 0.3) is 0 Å². The van der Waals surface area contributed by atoms with Gasteiger partial charge in [-0.2, -0.15) is 0 Å². The van der Waals surface area contributed by atoms with E-state index in [0.717, 1.165) is 49.9 Å². The predicted octanol–water partition coefficient (Wildman–Crippen LogP) is 3.93. The molecule has 1 fully saturated rings. The SMILES string of the molecule is CN1CCN(c2ccc3c(c2)CC/C(=C\c2cc(F)cc(F)c2)C3=O)CC1. The fourth-order valence-corrected chi connectivity index (χ4v) is 3.82. The highest BCUT2D eigenvalue weighted by Crippen LogP contribution is 2.30. The van der Waals surface area contributed by atoms with Crippen molar-refractivity contribution in [3.8, 4) is 0 Å². The van der Waals surface area contributed by atoms with Crippen LogP contribution in [0.25, 0.3) is 6.08 Å². The molecule has 0 spiro atoms. The van der Waals surface area contributed by atoms with Gasteiger partial charge in [0, 0.05) is 49.1 Å². The normalized spacial score (nSPS) is 19.4. The van der Waals surface area contributed by atoms with E-state index in [1.54, 1.807) is 6.08 Å². The quantitative estimate of drug-likeness (QED) is 0.751. The van der Waals surface area contributed by atoms with Gasteiger partial charge in [0.1, 0.15) is 11.6 Å². The van der Waals surface area contributed by atoms with Crippen LogP contribution in [0.2, 0.25) is 0 Å². The smallest absolute Gasteiger partial charge is 0.189 e. The van der Waals surface area contributed by atoms with Crippen molar-refractivity contribution in [3.63, 3.8) is 0 Å². The van der Waals surface area contributed by atoms with Gasteiger partial charge in [0.2, 0.25) is 0 Å². The first-order valence-corrected chi connectivity index (χ1v) is 9.27. The molecule has 27 heavy (non-hydrogen) atoms. The van der Waals surface area contributed by atoms with Gasteiger partial charge in [-0.1, -0.05) is 0 Å². The summed E-state index contributed by atoms with van der Waals surface area (Å²) >= 11 is 0. The lowest BCUT2D eigenvalue weighted by Gasteiger charge is -2.34. The number of benzene rings is 2. The van der Waals surface area contributed by atoms with E-state index in [2.05, 4.69) is 22.9 Å². The van der Waals surface area contributed by atoms with Crippen LogP contribution < -0.4 is 4.90 Å². The molecule has 140 valence electrons. The van der Waals surface area contributed by atoms with Crippen LogP contribution in [0.3, 0.4) is 0 Å². The number of carbonyl (C=O) groups excluding carboxylic acids is 1. The molecule has 0 saturated carbocycles. The van der Waals surface area contributed by atoms with E-state index in [4.69, 9.17) is 0 Å². The molecule has 1 aliphatic carbocycles. The van der Waals surface area contributed by atoms with E-state index in [1.807, 2.05) is 12.1 Å². The third-order valence-electron chi connectivity index (χ3n) is 5.38. The van der Waals surface area contributed by atoms with Crippen molar-refractivity contribution in [1.82, 2.24) is 4.90 Å². The topological polar surface area (TPSA) is 23.6 Å². The van der Waals surface area contributed by atoms with Crippen molar-refractivity contribution in [2.24, 2.45) is 0 Å². The average molecular weight is 368 g/mol. The molecule has 1 heterocycles. The number of aryl methyl sites for hydroxylation is 1. The molecule has 0 amide bonds. The lowest BCUT2D eigenvalue weighted by atomic mass is 9.85. The largest absolute Gasteiger partial charge is 0.369 e. The lowest BCUT2D eigenvalue weighted by Crippen LogP contribution is -2.44. The van der Waals surface area contributed by atoms with Gasteiger partial charge < -0.3 is 9.80 Å². The maximum absolute atomic E-state index is 13.4. The third kappa shape index (κ3) is 3.78. The number of anilines is 1. The standard InChI is InChI=1S/C22H22F2N2O/c1-25-6-8-26(9-7-25)20-4-5-21-16(13-20)2-3-17(22(21)27)10-15-11-18(23)14-19(24)12-15/h4-5,10-14H,2-3,6-9H2,1H3/b17-10+. The molecule has 0 atom stereocenters. The second-order valence-corrected chi connectivity index (χ2v) is 7.33. The third-order valence-corrected chi connectivity index (χ3v) is 5.38. The summed E-state index contributed by atoms with van der Waals surface area (Å²) in [6.45, 7) is 4.04. The number of likely N-dealkylation sites (N-methyl/N-ethyl adjacent to an activating group) is 1. The van der Waals surface area contributed by atoms with Crippen molar-refractivity contribution >= 4 is 17.5 Å². The second kappa shape index (κ2) is 7.24. The molecule has 3 nitrogen and oxygen atoms in total. The number of halogens is 2. The van der Waals surface area contributed by atoms with Crippen molar-refractivity contribution in [2.75, 3.05) is 38.1 Å². The summed E-state index contributed by atoms with van der Waals surface area (Å²) in [5, 5.41) is 0. The van der Waals surface area contributed by atoms with Crippen molar-refractivity contribution in [2.45, 2.75) is 12.8 Å². The van der Waals surface area contributed by atoms with Crippen LogP contribution in [0.5, 0.6) is 0 Å². The maximum atomic E-state index is 13.4. The molecule has 0 aromatic heterocycles. The van der Waals surface area contributed by atoms with Crippen LogP contribution in [0.1, 0.15) is 27.9 Å².